The molecule has 0 saturated carbocycles. The first kappa shape index (κ1) is 21.2. The number of nitrogens with zero attached hydrogens (tertiary/aromatic N) is 1. The van der Waals surface area contributed by atoms with Gasteiger partial charge in [0.25, 0.3) is 11.6 Å². The average molecular weight is 424 g/mol. The van der Waals surface area contributed by atoms with Gasteiger partial charge in [0.15, 0.2) is 0 Å². The maximum atomic E-state index is 12.8. The van der Waals surface area contributed by atoms with Crippen molar-refractivity contribution in [1.29, 1.82) is 0 Å². The summed E-state index contributed by atoms with van der Waals surface area (Å²) in [4.78, 5) is 36.0. The number of aryl methyl sites for hydroxylation is 2. The molecule has 2 aromatic carbocycles. The van der Waals surface area contributed by atoms with Gasteiger partial charge in [0.2, 0.25) is 0 Å². The minimum absolute atomic E-state index is 0.0887. The molecule has 1 N–H and O–H groups in total. The minimum Gasteiger partial charge on any atom is -0.462 e. The summed E-state index contributed by atoms with van der Waals surface area (Å²) in [6.45, 7) is 5.72. The Morgan fingerprint density at radius 3 is 2.57 bits per heavy atom. The molecule has 8 heteroatoms. The molecule has 30 heavy (non-hydrogen) atoms. The number of anilines is 1. The average Bonchev–Trinajstić information content (AvgIpc) is 3.13. The lowest BCUT2D eigenvalue weighted by Crippen LogP contribution is -2.15. The standard InChI is InChI=1S/C22H20N2O5S/c1-4-29-22(26)19-18(15-6-5-7-17(11-15)24(27)28)12-30-21(19)23-20(25)16-9-8-13(2)14(3)10-16/h5-12H,4H2,1-3H3,(H,23,25). The molecular weight excluding hydrogens is 404 g/mol. The highest BCUT2D eigenvalue weighted by molar-refractivity contribution is 7.15. The number of esters is 1. The molecule has 0 aliphatic rings. The van der Waals surface area contributed by atoms with Gasteiger partial charge in [-0.3, -0.25) is 14.9 Å². The number of nitro benzene ring substituents is 1. The van der Waals surface area contributed by atoms with Crippen LogP contribution in [0.1, 0.15) is 38.8 Å². The maximum absolute atomic E-state index is 12.8. The maximum Gasteiger partial charge on any atom is 0.341 e. The van der Waals surface area contributed by atoms with Crippen LogP contribution < -0.4 is 5.32 Å². The molecule has 154 valence electrons. The molecule has 1 heterocycles. The van der Waals surface area contributed by atoms with Crippen LogP contribution in [0.15, 0.2) is 47.8 Å². The highest BCUT2D eigenvalue weighted by Crippen LogP contribution is 2.37. The van der Waals surface area contributed by atoms with E-state index in [0.29, 0.717) is 21.7 Å². The summed E-state index contributed by atoms with van der Waals surface area (Å²) in [7, 11) is 0. The summed E-state index contributed by atoms with van der Waals surface area (Å²) in [5.41, 5.74) is 3.58. The monoisotopic (exact) mass is 424 g/mol. The van der Waals surface area contributed by atoms with E-state index >= 15 is 0 Å². The van der Waals surface area contributed by atoms with Crippen LogP contribution in [0.4, 0.5) is 10.7 Å². The van der Waals surface area contributed by atoms with Crippen molar-refractivity contribution in [2.75, 3.05) is 11.9 Å². The molecule has 7 nitrogen and oxygen atoms in total. The number of non-ortho nitro benzene ring substituents is 1. The Hall–Kier alpha value is -3.52. The molecule has 1 aromatic heterocycles. The van der Waals surface area contributed by atoms with Crippen LogP contribution in [0, 0.1) is 24.0 Å². The van der Waals surface area contributed by atoms with Crippen LogP contribution in [0.25, 0.3) is 11.1 Å². The van der Waals surface area contributed by atoms with Gasteiger partial charge in [-0.25, -0.2) is 4.79 Å². The zero-order valence-electron chi connectivity index (χ0n) is 16.7. The first-order valence-electron chi connectivity index (χ1n) is 9.23. The highest BCUT2D eigenvalue weighted by Gasteiger charge is 2.24. The highest BCUT2D eigenvalue weighted by atomic mass is 32.1. The molecule has 0 spiro atoms. The molecule has 0 radical (unpaired) electrons. The Balaban J connectivity index is 2.02. The van der Waals surface area contributed by atoms with Gasteiger partial charge in [0.05, 0.1) is 11.5 Å². The van der Waals surface area contributed by atoms with E-state index in [1.807, 2.05) is 19.9 Å². The van der Waals surface area contributed by atoms with Crippen molar-refractivity contribution in [2.45, 2.75) is 20.8 Å². The number of nitrogens with one attached hydrogen (secondary N) is 1. The molecule has 0 aliphatic carbocycles. The number of rotatable bonds is 6. The number of thiophene rings is 1. The van der Waals surface area contributed by atoms with Gasteiger partial charge in [0.1, 0.15) is 10.6 Å². The summed E-state index contributed by atoms with van der Waals surface area (Å²) in [6, 6.07) is 11.3. The van der Waals surface area contributed by atoms with Crippen LogP contribution >= 0.6 is 11.3 Å². The summed E-state index contributed by atoms with van der Waals surface area (Å²) in [5.74, 6) is -0.952. The van der Waals surface area contributed by atoms with Crippen molar-refractivity contribution < 1.29 is 19.2 Å². The third kappa shape index (κ3) is 4.38. The molecular formula is C22H20N2O5S. The second kappa shape index (κ2) is 8.87. The zero-order chi connectivity index (χ0) is 21.8. The molecule has 0 aliphatic heterocycles. The quantitative estimate of drug-likeness (QED) is 0.326. The van der Waals surface area contributed by atoms with Gasteiger partial charge in [-0.2, -0.15) is 0 Å². The molecule has 1 amide bonds. The Bertz CT molecular complexity index is 1140. The third-order valence-corrected chi connectivity index (χ3v) is 5.53. The summed E-state index contributed by atoms with van der Waals surface area (Å²) < 4.78 is 5.17. The number of carbonyl (C=O) groups is 2. The topological polar surface area (TPSA) is 98.5 Å². The van der Waals surface area contributed by atoms with Crippen LogP contribution in [0.3, 0.4) is 0 Å². The lowest BCUT2D eigenvalue weighted by atomic mass is 10.0. The van der Waals surface area contributed by atoms with E-state index < -0.39 is 10.9 Å². The van der Waals surface area contributed by atoms with Gasteiger partial charge in [0, 0.05) is 28.6 Å². The molecule has 3 rings (SSSR count). The molecule has 0 bridgehead atoms. The van der Waals surface area contributed by atoms with Crippen LogP contribution in [0.2, 0.25) is 0 Å². The third-order valence-electron chi connectivity index (χ3n) is 4.63. The van der Waals surface area contributed by atoms with Gasteiger partial charge in [-0.1, -0.05) is 18.2 Å². The van der Waals surface area contributed by atoms with E-state index in [2.05, 4.69) is 5.32 Å². The fraction of sp³-hybridized carbons (Fsp3) is 0.182. The fourth-order valence-corrected chi connectivity index (χ4v) is 3.87. The van der Waals surface area contributed by atoms with Crippen LogP contribution in [0.5, 0.6) is 0 Å². The van der Waals surface area contributed by atoms with Crippen molar-refractivity contribution in [2.24, 2.45) is 0 Å². The zero-order valence-corrected chi connectivity index (χ0v) is 17.5. The second-order valence-corrected chi connectivity index (χ2v) is 7.51. The number of amides is 1. The summed E-state index contributed by atoms with van der Waals surface area (Å²) in [6.07, 6.45) is 0. The lowest BCUT2D eigenvalue weighted by Gasteiger charge is -2.10. The SMILES string of the molecule is CCOC(=O)c1c(-c2cccc([N+](=O)[O-])c2)csc1NC(=O)c1ccc(C)c(C)c1. The lowest BCUT2D eigenvalue weighted by molar-refractivity contribution is -0.384. The van der Waals surface area contributed by atoms with Crippen molar-refractivity contribution in [3.63, 3.8) is 0 Å². The number of carbonyl (C=O) groups excluding carboxylic acids is 2. The van der Waals surface area contributed by atoms with Crippen molar-refractivity contribution >= 4 is 33.9 Å². The Labute approximate surface area is 177 Å². The van der Waals surface area contributed by atoms with Crippen LogP contribution in [-0.2, 0) is 4.74 Å². The number of hydrogen-bond acceptors (Lipinski definition) is 6. The van der Waals surface area contributed by atoms with E-state index in [9.17, 15) is 19.7 Å². The van der Waals surface area contributed by atoms with Gasteiger partial charge in [-0.05, 0) is 49.6 Å². The number of ether oxygens (including phenoxy) is 1. The minimum atomic E-state index is -0.601. The normalized spacial score (nSPS) is 10.5. The number of benzene rings is 2. The van der Waals surface area contributed by atoms with Gasteiger partial charge < -0.3 is 10.1 Å². The van der Waals surface area contributed by atoms with Crippen LogP contribution in [-0.4, -0.2) is 23.4 Å². The van der Waals surface area contributed by atoms with E-state index in [1.54, 1.807) is 36.6 Å². The van der Waals surface area contributed by atoms with E-state index in [4.69, 9.17) is 4.74 Å². The predicted molar refractivity (Wildman–Crippen MR) is 116 cm³/mol. The van der Waals surface area contributed by atoms with E-state index in [1.165, 1.54) is 23.5 Å². The summed E-state index contributed by atoms with van der Waals surface area (Å²) in [5, 5.41) is 15.9. The van der Waals surface area contributed by atoms with Crippen molar-refractivity contribution in [3.05, 3.63) is 80.2 Å². The van der Waals surface area contributed by atoms with E-state index in [0.717, 1.165) is 11.1 Å². The predicted octanol–water partition coefficient (Wildman–Crippen LogP) is 5.37. The molecule has 3 aromatic rings. The Morgan fingerprint density at radius 1 is 1.13 bits per heavy atom. The second-order valence-electron chi connectivity index (χ2n) is 6.63. The van der Waals surface area contributed by atoms with Gasteiger partial charge in [-0.15, -0.1) is 11.3 Å². The fourth-order valence-electron chi connectivity index (χ4n) is 2.91. The van der Waals surface area contributed by atoms with Crippen molar-refractivity contribution in [1.82, 2.24) is 0 Å². The summed E-state index contributed by atoms with van der Waals surface area (Å²) >= 11 is 1.17. The Kier molecular flexibility index (Phi) is 6.27. The molecule has 0 atom stereocenters. The molecule has 0 saturated heterocycles. The molecule has 0 unspecified atom stereocenters. The van der Waals surface area contributed by atoms with Crippen molar-refractivity contribution in [3.8, 4) is 11.1 Å². The number of nitro groups is 1. The van der Waals surface area contributed by atoms with Gasteiger partial charge >= 0.3 is 5.97 Å². The largest absolute Gasteiger partial charge is 0.462 e. The first-order chi connectivity index (χ1) is 14.3. The van der Waals surface area contributed by atoms with E-state index in [-0.39, 0.29) is 23.8 Å². The first-order valence-corrected chi connectivity index (χ1v) is 10.1. The smallest absolute Gasteiger partial charge is 0.341 e. The number of hydrogen-bond donors (Lipinski definition) is 1. The Morgan fingerprint density at radius 2 is 1.90 bits per heavy atom. The molecule has 0 fully saturated rings.